The van der Waals surface area contributed by atoms with E-state index < -0.39 is 5.97 Å². The molecule has 1 aliphatic rings. The molecular formula is C10H8O4. The number of carboxylic acid groups (broad SMARTS) is 1. The molecule has 0 spiro atoms. The summed E-state index contributed by atoms with van der Waals surface area (Å²) in [5.74, 6) is -1.19. The molecule has 14 heavy (non-hydrogen) atoms. The third kappa shape index (κ3) is 1.29. The van der Waals surface area contributed by atoms with Gasteiger partial charge in [-0.3, -0.25) is 4.79 Å². The lowest BCUT2D eigenvalue weighted by Gasteiger charge is -2.16. The third-order valence-corrected chi connectivity index (χ3v) is 2.19. The second-order valence-corrected chi connectivity index (χ2v) is 3.05. The highest BCUT2D eigenvalue weighted by Crippen LogP contribution is 2.20. The molecule has 0 fully saturated rings. The van der Waals surface area contributed by atoms with E-state index in [2.05, 4.69) is 0 Å². The summed E-state index contributed by atoms with van der Waals surface area (Å²) in [4.78, 5) is 22.2. The first kappa shape index (κ1) is 8.90. The zero-order chi connectivity index (χ0) is 10.1. The fraction of sp³-hybridized carbons (Fsp3) is 0.200. The molecule has 1 aromatic carbocycles. The lowest BCUT2D eigenvalue weighted by Crippen LogP contribution is -2.20. The van der Waals surface area contributed by atoms with Crippen molar-refractivity contribution in [2.45, 2.75) is 6.61 Å². The summed E-state index contributed by atoms with van der Waals surface area (Å²) >= 11 is 0. The number of Topliss-reactive ketones (excluding diaryl/α,β-unsaturated/α-hetero) is 1. The molecule has 0 amide bonds. The Morgan fingerprint density at radius 3 is 2.86 bits per heavy atom. The highest BCUT2D eigenvalue weighted by atomic mass is 16.5. The number of ketones is 1. The van der Waals surface area contributed by atoms with E-state index in [0.29, 0.717) is 11.1 Å². The van der Waals surface area contributed by atoms with Crippen LogP contribution in [0.25, 0.3) is 0 Å². The van der Waals surface area contributed by atoms with Crippen molar-refractivity contribution < 1.29 is 19.4 Å². The van der Waals surface area contributed by atoms with Gasteiger partial charge in [0, 0.05) is 11.1 Å². The average Bonchev–Trinajstić information content (AvgIpc) is 2.17. The molecule has 4 nitrogen and oxygen atoms in total. The van der Waals surface area contributed by atoms with E-state index in [0.717, 1.165) is 0 Å². The van der Waals surface area contributed by atoms with Gasteiger partial charge in [0.2, 0.25) is 0 Å². The number of fused-ring (bicyclic) bond motifs is 1. The van der Waals surface area contributed by atoms with E-state index in [1.54, 1.807) is 12.1 Å². The quantitative estimate of drug-likeness (QED) is 0.723. The highest BCUT2D eigenvalue weighted by Gasteiger charge is 2.22. The van der Waals surface area contributed by atoms with Gasteiger partial charge in [0.25, 0.3) is 0 Å². The first-order valence-corrected chi connectivity index (χ1v) is 4.16. The van der Waals surface area contributed by atoms with Crippen molar-refractivity contribution in [3.63, 3.8) is 0 Å². The molecule has 1 N–H and O–H groups in total. The molecule has 0 saturated heterocycles. The zero-order valence-electron chi connectivity index (χ0n) is 7.32. The number of hydrogen-bond acceptors (Lipinski definition) is 3. The summed E-state index contributed by atoms with van der Waals surface area (Å²) in [6, 6.07) is 4.68. The molecule has 1 aromatic rings. The van der Waals surface area contributed by atoms with Crippen LogP contribution in [0, 0.1) is 0 Å². The van der Waals surface area contributed by atoms with Crippen LogP contribution < -0.4 is 0 Å². The summed E-state index contributed by atoms with van der Waals surface area (Å²) in [6.07, 6.45) is 0. The standard InChI is InChI=1S/C10H8O4/c11-9-5-14-4-8-6(9)2-1-3-7(8)10(12)13/h1-3H,4-5H2,(H,12,13). The predicted octanol–water partition coefficient (Wildman–Crippen LogP) is 1.10. The third-order valence-electron chi connectivity index (χ3n) is 2.19. The summed E-state index contributed by atoms with van der Waals surface area (Å²) in [5, 5.41) is 8.86. The molecule has 4 heteroatoms. The topological polar surface area (TPSA) is 63.6 Å². The number of aromatic carboxylic acids is 1. The number of benzene rings is 1. The van der Waals surface area contributed by atoms with E-state index in [1.165, 1.54) is 6.07 Å². The maximum absolute atomic E-state index is 11.3. The van der Waals surface area contributed by atoms with Crippen LogP contribution in [0.4, 0.5) is 0 Å². The highest BCUT2D eigenvalue weighted by molar-refractivity contribution is 6.02. The van der Waals surface area contributed by atoms with Gasteiger partial charge in [-0.25, -0.2) is 4.79 Å². The fourth-order valence-electron chi connectivity index (χ4n) is 1.53. The normalized spacial score (nSPS) is 15.0. The Morgan fingerprint density at radius 2 is 2.14 bits per heavy atom. The monoisotopic (exact) mass is 192 g/mol. The number of carbonyl (C=O) groups excluding carboxylic acids is 1. The van der Waals surface area contributed by atoms with Crippen molar-refractivity contribution in [2.24, 2.45) is 0 Å². The van der Waals surface area contributed by atoms with Crippen LogP contribution in [0.3, 0.4) is 0 Å². The predicted molar refractivity (Wildman–Crippen MR) is 47.4 cm³/mol. The maximum atomic E-state index is 11.3. The van der Waals surface area contributed by atoms with Crippen LogP contribution in [0.5, 0.6) is 0 Å². The molecule has 0 atom stereocenters. The second-order valence-electron chi connectivity index (χ2n) is 3.05. The van der Waals surface area contributed by atoms with Crippen LogP contribution >= 0.6 is 0 Å². The van der Waals surface area contributed by atoms with Crippen LogP contribution in [0.1, 0.15) is 26.3 Å². The molecule has 0 bridgehead atoms. The summed E-state index contributed by atoms with van der Waals surface area (Å²) in [6.45, 7) is 0.236. The number of carboxylic acids is 1. The van der Waals surface area contributed by atoms with Crippen molar-refractivity contribution in [2.75, 3.05) is 6.61 Å². The zero-order valence-corrected chi connectivity index (χ0v) is 7.32. The molecule has 0 aromatic heterocycles. The molecule has 0 aliphatic carbocycles. The van der Waals surface area contributed by atoms with Crippen LogP contribution in [-0.2, 0) is 11.3 Å². The van der Waals surface area contributed by atoms with Gasteiger partial charge in [-0.2, -0.15) is 0 Å². The van der Waals surface area contributed by atoms with E-state index in [4.69, 9.17) is 9.84 Å². The number of ether oxygens (including phenoxy) is 1. The number of hydrogen-bond donors (Lipinski definition) is 1. The van der Waals surface area contributed by atoms with E-state index in [1.807, 2.05) is 0 Å². The SMILES string of the molecule is O=C(O)c1cccc2c1COCC2=O. The number of rotatable bonds is 1. The molecule has 0 radical (unpaired) electrons. The van der Waals surface area contributed by atoms with Crippen molar-refractivity contribution >= 4 is 11.8 Å². The Bertz CT molecular complexity index is 394. The minimum absolute atomic E-state index is 0.0378. The van der Waals surface area contributed by atoms with Crippen molar-refractivity contribution in [3.05, 3.63) is 34.9 Å². The summed E-state index contributed by atoms with van der Waals surface area (Å²) in [7, 11) is 0. The molecule has 1 aliphatic heterocycles. The van der Waals surface area contributed by atoms with Crippen LogP contribution in [-0.4, -0.2) is 23.5 Å². The largest absolute Gasteiger partial charge is 0.478 e. The molecule has 0 saturated carbocycles. The summed E-state index contributed by atoms with van der Waals surface area (Å²) in [5.41, 5.74) is 1.10. The van der Waals surface area contributed by atoms with Gasteiger partial charge in [-0.1, -0.05) is 12.1 Å². The van der Waals surface area contributed by atoms with E-state index in [-0.39, 0.29) is 24.6 Å². The van der Waals surface area contributed by atoms with Gasteiger partial charge in [0.15, 0.2) is 5.78 Å². The Labute approximate surface area is 80.1 Å². The van der Waals surface area contributed by atoms with E-state index >= 15 is 0 Å². The van der Waals surface area contributed by atoms with Crippen molar-refractivity contribution in [1.29, 1.82) is 0 Å². The van der Waals surface area contributed by atoms with Gasteiger partial charge in [0.05, 0.1) is 12.2 Å². The lowest BCUT2D eigenvalue weighted by molar-refractivity contribution is 0.0638. The first-order chi connectivity index (χ1) is 6.70. The number of carbonyl (C=O) groups is 2. The summed E-state index contributed by atoms with van der Waals surface area (Å²) < 4.78 is 4.99. The van der Waals surface area contributed by atoms with Gasteiger partial charge >= 0.3 is 5.97 Å². The molecule has 2 rings (SSSR count). The minimum atomic E-state index is -1.03. The lowest BCUT2D eigenvalue weighted by atomic mass is 9.97. The molecule has 1 heterocycles. The van der Waals surface area contributed by atoms with Gasteiger partial charge in [-0.05, 0) is 6.07 Å². The second kappa shape index (κ2) is 3.23. The van der Waals surface area contributed by atoms with Gasteiger partial charge < -0.3 is 9.84 Å². The molecule has 72 valence electrons. The van der Waals surface area contributed by atoms with Gasteiger partial charge in [0.1, 0.15) is 6.61 Å². The Hall–Kier alpha value is -1.68. The van der Waals surface area contributed by atoms with E-state index in [9.17, 15) is 9.59 Å². The smallest absolute Gasteiger partial charge is 0.336 e. The average molecular weight is 192 g/mol. The van der Waals surface area contributed by atoms with Crippen LogP contribution in [0.15, 0.2) is 18.2 Å². The van der Waals surface area contributed by atoms with Gasteiger partial charge in [-0.15, -0.1) is 0 Å². The van der Waals surface area contributed by atoms with Crippen molar-refractivity contribution in [1.82, 2.24) is 0 Å². The molecule has 0 unspecified atom stereocenters. The Morgan fingerprint density at radius 1 is 1.36 bits per heavy atom. The molecular weight excluding hydrogens is 184 g/mol. The first-order valence-electron chi connectivity index (χ1n) is 4.16. The van der Waals surface area contributed by atoms with Crippen molar-refractivity contribution in [3.8, 4) is 0 Å². The maximum Gasteiger partial charge on any atom is 0.336 e. The Balaban J connectivity index is 2.60. The minimum Gasteiger partial charge on any atom is -0.478 e. The van der Waals surface area contributed by atoms with Crippen LogP contribution in [0.2, 0.25) is 0 Å². The Kier molecular flexibility index (Phi) is 2.05. The fourth-order valence-corrected chi connectivity index (χ4v) is 1.53.